The summed E-state index contributed by atoms with van der Waals surface area (Å²) >= 11 is 0. The van der Waals surface area contributed by atoms with Gasteiger partial charge >= 0.3 is 17.9 Å². The van der Waals surface area contributed by atoms with Crippen LogP contribution in [0.1, 0.15) is 316 Å². The summed E-state index contributed by atoms with van der Waals surface area (Å²) < 4.78 is 16.9. The molecule has 0 saturated heterocycles. The summed E-state index contributed by atoms with van der Waals surface area (Å²) in [5, 5.41) is 0. The van der Waals surface area contributed by atoms with E-state index < -0.39 is 6.10 Å². The molecule has 1 unspecified atom stereocenters. The van der Waals surface area contributed by atoms with Gasteiger partial charge in [0.25, 0.3) is 0 Å². The summed E-state index contributed by atoms with van der Waals surface area (Å²) in [5.41, 5.74) is 0. The van der Waals surface area contributed by atoms with Crippen LogP contribution in [0.15, 0.2) is 36.5 Å². The van der Waals surface area contributed by atoms with Crippen LogP contribution >= 0.6 is 0 Å². The van der Waals surface area contributed by atoms with Gasteiger partial charge in [0, 0.05) is 19.3 Å². The minimum Gasteiger partial charge on any atom is -0.462 e. The summed E-state index contributed by atoms with van der Waals surface area (Å²) in [7, 11) is 0. The van der Waals surface area contributed by atoms with Crippen LogP contribution in [0.3, 0.4) is 0 Å². The molecule has 0 radical (unpaired) electrons. The molecule has 0 aliphatic carbocycles. The molecule has 6 heteroatoms. The highest BCUT2D eigenvalue weighted by atomic mass is 16.6. The number of esters is 3. The highest BCUT2D eigenvalue weighted by Crippen LogP contribution is 2.17. The van der Waals surface area contributed by atoms with Gasteiger partial charge in [-0.1, -0.05) is 276 Å². The monoisotopic (exact) mass is 941 g/mol. The summed E-state index contributed by atoms with van der Waals surface area (Å²) in [4.78, 5) is 38.1. The van der Waals surface area contributed by atoms with Crippen molar-refractivity contribution in [1.82, 2.24) is 0 Å². The number of carbonyl (C=O) groups is 3. The fraction of sp³-hybridized carbons (Fsp3) is 0.852. The van der Waals surface area contributed by atoms with Gasteiger partial charge in [0.15, 0.2) is 6.10 Å². The first kappa shape index (κ1) is 64.6. The molecule has 0 N–H and O–H groups in total. The molecule has 0 heterocycles. The van der Waals surface area contributed by atoms with Gasteiger partial charge in [-0.05, 0) is 57.8 Å². The number of ether oxygens (including phenoxy) is 3. The summed E-state index contributed by atoms with van der Waals surface area (Å²) in [6, 6.07) is 0. The predicted molar refractivity (Wildman–Crippen MR) is 289 cm³/mol. The largest absolute Gasteiger partial charge is 0.462 e. The van der Waals surface area contributed by atoms with E-state index in [-0.39, 0.29) is 31.1 Å². The molecule has 6 nitrogen and oxygen atoms in total. The molecule has 0 spiro atoms. The van der Waals surface area contributed by atoms with Crippen molar-refractivity contribution in [2.75, 3.05) is 13.2 Å². The van der Waals surface area contributed by atoms with Crippen molar-refractivity contribution in [3.05, 3.63) is 36.5 Å². The standard InChI is InChI=1S/C61H112O6/c1-4-7-10-13-16-19-22-25-26-27-28-29-30-31-32-33-34-37-39-42-45-48-51-54-60(63)66-57-58(67-61(64)55-52-49-46-43-40-36-24-21-18-15-12-9-6-3)56-65-59(62)53-50-47-44-41-38-35-23-20-17-14-11-8-5-2/h22,25,27-28,30-31,58H,4-21,23-24,26,29,32-57H2,1-3H3/b25-22-,28-27-,31-30-. The Morgan fingerprint density at radius 2 is 0.537 bits per heavy atom. The number of rotatable bonds is 54. The van der Waals surface area contributed by atoms with Crippen molar-refractivity contribution in [2.24, 2.45) is 0 Å². The minimum atomic E-state index is -0.770. The Morgan fingerprint density at radius 1 is 0.299 bits per heavy atom. The molecule has 0 fully saturated rings. The Kier molecular flexibility index (Phi) is 54.2. The van der Waals surface area contributed by atoms with E-state index in [1.807, 2.05) is 0 Å². The van der Waals surface area contributed by atoms with Gasteiger partial charge in [-0.25, -0.2) is 0 Å². The van der Waals surface area contributed by atoms with Gasteiger partial charge in [0.1, 0.15) is 13.2 Å². The lowest BCUT2D eigenvalue weighted by atomic mass is 10.0. The lowest BCUT2D eigenvalue weighted by Crippen LogP contribution is -2.30. The molecule has 0 aliphatic heterocycles. The second-order valence-electron chi connectivity index (χ2n) is 19.9. The van der Waals surface area contributed by atoms with Crippen LogP contribution in [0.4, 0.5) is 0 Å². The molecular weight excluding hydrogens is 829 g/mol. The first-order valence-electron chi connectivity index (χ1n) is 29.5. The van der Waals surface area contributed by atoms with Gasteiger partial charge in [0.2, 0.25) is 0 Å². The number of hydrogen-bond acceptors (Lipinski definition) is 6. The van der Waals surface area contributed by atoms with Crippen molar-refractivity contribution in [1.29, 1.82) is 0 Å². The second-order valence-corrected chi connectivity index (χ2v) is 19.9. The number of unbranched alkanes of at least 4 members (excludes halogenated alkanes) is 37. The van der Waals surface area contributed by atoms with Crippen LogP contribution < -0.4 is 0 Å². The van der Waals surface area contributed by atoms with Gasteiger partial charge in [-0.2, -0.15) is 0 Å². The molecule has 0 saturated carbocycles. The molecule has 1 atom stereocenters. The normalized spacial score (nSPS) is 12.2. The Morgan fingerprint density at radius 3 is 0.836 bits per heavy atom. The maximum absolute atomic E-state index is 12.8. The lowest BCUT2D eigenvalue weighted by Gasteiger charge is -2.18. The maximum Gasteiger partial charge on any atom is 0.306 e. The van der Waals surface area contributed by atoms with Crippen molar-refractivity contribution in [3.63, 3.8) is 0 Å². The first-order chi connectivity index (χ1) is 33.0. The highest BCUT2D eigenvalue weighted by molar-refractivity contribution is 5.71. The van der Waals surface area contributed by atoms with Crippen LogP contribution in [0.5, 0.6) is 0 Å². The van der Waals surface area contributed by atoms with E-state index in [0.29, 0.717) is 19.3 Å². The summed E-state index contributed by atoms with van der Waals surface area (Å²) in [6.45, 7) is 6.66. The third kappa shape index (κ3) is 54.4. The van der Waals surface area contributed by atoms with Crippen LogP contribution in [-0.4, -0.2) is 37.2 Å². The zero-order valence-electron chi connectivity index (χ0n) is 44.9. The smallest absolute Gasteiger partial charge is 0.306 e. The molecule has 0 aromatic carbocycles. The third-order valence-corrected chi connectivity index (χ3v) is 13.1. The molecular formula is C61H112O6. The molecule has 392 valence electrons. The quantitative estimate of drug-likeness (QED) is 0.0262. The van der Waals surface area contributed by atoms with Gasteiger partial charge < -0.3 is 14.2 Å². The van der Waals surface area contributed by atoms with E-state index in [9.17, 15) is 14.4 Å². The van der Waals surface area contributed by atoms with Crippen molar-refractivity contribution in [2.45, 2.75) is 322 Å². The van der Waals surface area contributed by atoms with E-state index in [2.05, 4.69) is 57.2 Å². The van der Waals surface area contributed by atoms with Gasteiger partial charge in [-0.3, -0.25) is 14.4 Å². The maximum atomic E-state index is 12.8. The fourth-order valence-corrected chi connectivity index (χ4v) is 8.69. The van der Waals surface area contributed by atoms with E-state index in [1.54, 1.807) is 0 Å². The van der Waals surface area contributed by atoms with Crippen molar-refractivity contribution < 1.29 is 28.6 Å². The van der Waals surface area contributed by atoms with Crippen LogP contribution in [-0.2, 0) is 28.6 Å². The van der Waals surface area contributed by atoms with E-state index >= 15 is 0 Å². The van der Waals surface area contributed by atoms with E-state index in [1.165, 1.54) is 199 Å². The molecule has 67 heavy (non-hydrogen) atoms. The average Bonchev–Trinajstić information content (AvgIpc) is 3.33. The molecule has 0 aromatic heterocycles. The molecule has 0 rings (SSSR count). The highest BCUT2D eigenvalue weighted by Gasteiger charge is 2.19. The molecule has 0 aliphatic rings. The van der Waals surface area contributed by atoms with Crippen LogP contribution in [0.25, 0.3) is 0 Å². The van der Waals surface area contributed by atoms with Gasteiger partial charge in [-0.15, -0.1) is 0 Å². The van der Waals surface area contributed by atoms with Gasteiger partial charge in [0.05, 0.1) is 0 Å². The lowest BCUT2D eigenvalue weighted by molar-refractivity contribution is -0.167. The zero-order valence-corrected chi connectivity index (χ0v) is 44.9. The van der Waals surface area contributed by atoms with E-state index in [0.717, 1.165) is 77.0 Å². The molecule has 0 amide bonds. The molecule has 0 aromatic rings. The number of allylic oxidation sites excluding steroid dienone is 6. The summed E-state index contributed by atoms with van der Waals surface area (Å²) in [6.07, 6.45) is 67.0. The first-order valence-corrected chi connectivity index (χ1v) is 29.5. The Balaban J connectivity index is 4.28. The predicted octanol–water partition coefficient (Wildman–Crippen LogP) is 19.7. The average molecular weight is 942 g/mol. The van der Waals surface area contributed by atoms with E-state index in [4.69, 9.17) is 14.2 Å². The topological polar surface area (TPSA) is 78.9 Å². The number of hydrogen-bond donors (Lipinski definition) is 0. The van der Waals surface area contributed by atoms with Crippen LogP contribution in [0, 0.1) is 0 Å². The zero-order chi connectivity index (χ0) is 48.6. The third-order valence-electron chi connectivity index (χ3n) is 13.1. The SMILES string of the molecule is CCCCCCC/C=C\C/C=C\C/C=C\CCCCCCCCCCC(=O)OCC(COC(=O)CCCCCCCCCCCCCCC)OC(=O)CCCCCCCCCCCCCCC. The Bertz CT molecular complexity index is 1130. The fourth-order valence-electron chi connectivity index (χ4n) is 8.69. The Hall–Kier alpha value is -2.37. The Labute approximate surface area is 416 Å². The second kappa shape index (κ2) is 56.2. The van der Waals surface area contributed by atoms with Crippen LogP contribution in [0.2, 0.25) is 0 Å². The number of carbonyl (C=O) groups excluding carboxylic acids is 3. The summed E-state index contributed by atoms with van der Waals surface area (Å²) in [5.74, 6) is -0.859. The minimum absolute atomic E-state index is 0.0695. The van der Waals surface area contributed by atoms with Crippen molar-refractivity contribution in [3.8, 4) is 0 Å². The molecule has 0 bridgehead atoms. The van der Waals surface area contributed by atoms with Crippen molar-refractivity contribution >= 4 is 17.9 Å².